The zero-order chi connectivity index (χ0) is 12.2. The lowest BCUT2D eigenvalue weighted by molar-refractivity contribution is 0.192. The van der Waals surface area contributed by atoms with E-state index >= 15 is 0 Å². The van der Waals surface area contributed by atoms with Crippen LogP contribution in [0.15, 0.2) is 0 Å². The van der Waals surface area contributed by atoms with Crippen LogP contribution < -0.4 is 5.32 Å². The predicted octanol–water partition coefficient (Wildman–Crippen LogP) is 4.23. The van der Waals surface area contributed by atoms with Crippen LogP contribution in [0.1, 0.15) is 66.2 Å². The van der Waals surface area contributed by atoms with Gasteiger partial charge in [0.15, 0.2) is 0 Å². The van der Waals surface area contributed by atoms with E-state index in [1.807, 2.05) is 0 Å². The van der Waals surface area contributed by atoms with E-state index in [4.69, 9.17) is 0 Å². The molecule has 1 fully saturated rings. The van der Waals surface area contributed by atoms with Gasteiger partial charge in [-0.3, -0.25) is 0 Å². The molecule has 0 bridgehead atoms. The minimum atomic E-state index is 0.561. The Balaban J connectivity index is 2.41. The lowest BCUT2D eigenvalue weighted by atomic mass is 9.76. The molecule has 1 saturated carbocycles. The molecule has 0 aromatic rings. The molecular formula is C15H31N. The number of nitrogens with one attached hydrogen (secondary N) is 1. The smallest absolute Gasteiger partial charge is 0.00974 e. The number of hydrogen-bond donors (Lipinski definition) is 1. The fourth-order valence-corrected chi connectivity index (χ4v) is 3.39. The van der Waals surface area contributed by atoms with Gasteiger partial charge in [-0.2, -0.15) is 0 Å². The fourth-order valence-electron chi connectivity index (χ4n) is 3.39. The van der Waals surface area contributed by atoms with E-state index in [1.165, 1.54) is 38.5 Å². The third-order valence-electron chi connectivity index (χ3n) is 4.49. The Kier molecular flexibility index (Phi) is 5.30. The standard InChI is InChI=1S/C15H31N/c1-12(2)8-6-10-14(16-5)13-9-7-11-15(13,3)4/h12-14,16H,6-11H2,1-5H3. The molecule has 1 rings (SSSR count). The summed E-state index contributed by atoms with van der Waals surface area (Å²) in [7, 11) is 2.15. The van der Waals surface area contributed by atoms with Gasteiger partial charge in [-0.1, -0.05) is 47.0 Å². The highest BCUT2D eigenvalue weighted by Gasteiger charge is 2.38. The van der Waals surface area contributed by atoms with E-state index in [9.17, 15) is 0 Å². The Labute approximate surface area is 102 Å². The Morgan fingerprint density at radius 3 is 2.38 bits per heavy atom. The number of hydrogen-bond acceptors (Lipinski definition) is 1. The first-order chi connectivity index (χ1) is 7.47. The molecular weight excluding hydrogens is 194 g/mol. The predicted molar refractivity (Wildman–Crippen MR) is 72.7 cm³/mol. The van der Waals surface area contributed by atoms with Gasteiger partial charge in [0, 0.05) is 6.04 Å². The molecule has 0 aliphatic heterocycles. The molecule has 0 radical (unpaired) electrons. The van der Waals surface area contributed by atoms with E-state index in [1.54, 1.807) is 0 Å². The van der Waals surface area contributed by atoms with E-state index < -0.39 is 0 Å². The molecule has 1 aliphatic rings. The molecule has 1 heteroatoms. The second-order valence-corrected chi connectivity index (χ2v) is 6.71. The van der Waals surface area contributed by atoms with Gasteiger partial charge in [0.25, 0.3) is 0 Å². The van der Waals surface area contributed by atoms with E-state index in [2.05, 4.69) is 40.1 Å². The van der Waals surface area contributed by atoms with Crippen LogP contribution in [0.2, 0.25) is 0 Å². The largest absolute Gasteiger partial charge is 0.317 e. The SMILES string of the molecule is CNC(CCCC(C)C)C1CCCC1(C)C. The van der Waals surface area contributed by atoms with Crippen molar-refractivity contribution in [3.8, 4) is 0 Å². The summed E-state index contributed by atoms with van der Waals surface area (Å²) in [5.41, 5.74) is 0.561. The molecule has 0 aromatic carbocycles. The molecule has 96 valence electrons. The maximum absolute atomic E-state index is 3.57. The third kappa shape index (κ3) is 3.76. The van der Waals surface area contributed by atoms with Crippen molar-refractivity contribution < 1.29 is 0 Å². The molecule has 0 saturated heterocycles. The Bertz CT molecular complexity index is 196. The first-order valence-corrected chi connectivity index (χ1v) is 7.14. The summed E-state index contributed by atoms with van der Waals surface area (Å²) in [6, 6.07) is 0.747. The molecule has 2 atom stereocenters. The van der Waals surface area contributed by atoms with Crippen LogP contribution in [-0.2, 0) is 0 Å². The van der Waals surface area contributed by atoms with Crippen molar-refractivity contribution in [2.75, 3.05) is 7.05 Å². The van der Waals surface area contributed by atoms with Crippen molar-refractivity contribution in [1.82, 2.24) is 5.32 Å². The van der Waals surface area contributed by atoms with Gasteiger partial charge in [-0.15, -0.1) is 0 Å². The van der Waals surface area contributed by atoms with Gasteiger partial charge in [0.05, 0.1) is 0 Å². The van der Waals surface area contributed by atoms with Gasteiger partial charge in [-0.05, 0) is 43.6 Å². The minimum Gasteiger partial charge on any atom is -0.317 e. The Morgan fingerprint density at radius 2 is 1.94 bits per heavy atom. The number of rotatable bonds is 6. The zero-order valence-electron chi connectivity index (χ0n) is 12.0. The second-order valence-electron chi connectivity index (χ2n) is 6.71. The van der Waals surface area contributed by atoms with E-state index in [0.717, 1.165) is 17.9 Å². The van der Waals surface area contributed by atoms with E-state index in [0.29, 0.717) is 5.41 Å². The summed E-state index contributed by atoms with van der Waals surface area (Å²) in [5.74, 6) is 1.75. The van der Waals surface area contributed by atoms with Crippen LogP contribution in [0.5, 0.6) is 0 Å². The van der Waals surface area contributed by atoms with Crippen molar-refractivity contribution in [3.63, 3.8) is 0 Å². The summed E-state index contributed by atoms with van der Waals surface area (Å²) in [5, 5.41) is 3.57. The molecule has 0 spiro atoms. The summed E-state index contributed by atoms with van der Waals surface area (Å²) in [6.45, 7) is 9.57. The summed E-state index contributed by atoms with van der Waals surface area (Å²) >= 11 is 0. The van der Waals surface area contributed by atoms with Crippen molar-refractivity contribution >= 4 is 0 Å². The lowest BCUT2D eigenvalue weighted by Gasteiger charge is -2.34. The first kappa shape index (κ1) is 14.0. The zero-order valence-corrected chi connectivity index (χ0v) is 12.0. The highest BCUT2D eigenvalue weighted by atomic mass is 14.9. The highest BCUT2D eigenvalue weighted by Crippen LogP contribution is 2.45. The van der Waals surface area contributed by atoms with Crippen LogP contribution in [-0.4, -0.2) is 13.1 Å². The molecule has 1 N–H and O–H groups in total. The fraction of sp³-hybridized carbons (Fsp3) is 1.00. The van der Waals surface area contributed by atoms with Gasteiger partial charge < -0.3 is 5.32 Å². The molecule has 2 unspecified atom stereocenters. The van der Waals surface area contributed by atoms with Gasteiger partial charge >= 0.3 is 0 Å². The Hall–Kier alpha value is -0.0400. The maximum atomic E-state index is 3.57. The third-order valence-corrected chi connectivity index (χ3v) is 4.49. The molecule has 0 aromatic heterocycles. The average Bonchev–Trinajstić information content (AvgIpc) is 2.53. The van der Waals surface area contributed by atoms with Crippen LogP contribution in [0, 0.1) is 17.3 Å². The van der Waals surface area contributed by atoms with Gasteiger partial charge in [0.2, 0.25) is 0 Å². The minimum absolute atomic E-state index is 0.561. The quantitative estimate of drug-likeness (QED) is 0.713. The molecule has 0 heterocycles. The normalized spacial score (nSPS) is 26.2. The maximum Gasteiger partial charge on any atom is 0.00974 e. The van der Waals surface area contributed by atoms with Crippen LogP contribution in [0.25, 0.3) is 0 Å². The summed E-state index contributed by atoms with van der Waals surface area (Å²) < 4.78 is 0. The van der Waals surface area contributed by atoms with Gasteiger partial charge in [-0.25, -0.2) is 0 Å². The lowest BCUT2D eigenvalue weighted by Crippen LogP contribution is -2.38. The second kappa shape index (κ2) is 6.05. The van der Waals surface area contributed by atoms with Crippen LogP contribution >= 0.6 is 0 Å². The van der Waals surface area contributed by atoms with Crippen LogP contribution in [0.4, 0.5) is 0 Å². The van der Waals surface area contributed by atoms with Crippen molar-refractivity contribution in [3.05, 3.63) is 0 Å². The molecule has 1 aliphatic carbocycles. The van der Waals surface area contributed by atoms with Crippen LogP contribution in [0.3, 0.4) is 0 Å². The molecule has 1 nitrogen and oxygen atoms in total. The topological polar surface area (TPSA) is 12.0 Å². The first-order valence-electron chi connectivity index (χ1n) is 7.14. The summed E-state index contributed by atoms with van der Waals surface area (Å²) in [4.78, 5) is 0. The molecule has 0 amide bonds. The van der Waals surface area contributed by atoms with Crippen molar-refractivity contribution in [2.45, 2.75) is 72.3 Å². The monoisotopic (exact) mass is 225 g/mol. The summed E-state index contributed by atoms with van der Waals surface area (Å²) in [6.07, 6.45) is 8.41. The van der Waals surface area contributed by atoms with E-state index in [-0.39, 0.29) is 0 Å². The Morgan fingerprint density at radius 1 is 1.25 bits per heavy atom. The van der Waals surface area contributed by atoms with Gasteiger partial charge in [0.1, 0.15) is 0 Å². The highest BCUT2D eigenvalue weighted by molar-refractivity contribution is 4.91. The van der Waals surface area contributed by atoms with Crippen molar-refractivity contribution in [1.29, 1.82) is 0 Å². The molecule has 16 heavy (non-hydrogen) atoms. The average molecular weight is 225 g/mol. The van der Waals surface area contributed by atoms with Crippen molar-refractivity contribution in [2.24, 2.45) is 17.3 Å².